The lowest BCUT2D eigenvalue weighted by atomic mass is 9.68. The molecule has 2 nitrogen and oxygen atoms in total. The Bertz CT molecular complexity index is 2670. The number of rotatable bonds is 4. The molecule has 0 saturated carbocycles. The van der Waals surface area contributed by atoms with E-state index in [2.05, 4.69) is 204 Å². The molecule has 2 unspecified atom stereocenters. The zero-order valence-corrected chi connectivity index (χ0v) is 28.0. The molecule has 8 aromatic rings. The first-order valence-electron chi connectivity index (χ1n) is 18.0. The maximum absolute atomic E-state index is 2.58. The van der Waals surface area contributed by atoms with E-state index in [9.17, 15) is 0 Å². The summed E-state index contributed by atoms with van der Waals surface area (Å²) in [6.07, 6.45) is 9.13. The van der Waals surface area contributed by atoms with Crippen molar-refractivity contribution in [2.24, 2.45) is 0 Å². The summed E-state index contributed by atoms with van der Waals surface area (Å²) in [6, 6.07) is 63.3. The number of aromatic nitrogens is 1. The van der Waals surface area contributed by atoms with Gasteiger partial charge in [0.2, 0.25) is 0 Å². The average molecular weight is 651 g/mol. The molecule has 51 heavy (non-hydrogen) atoms. The van der Waals surface area contributed by atoms with E-state index < -0.39 is 5.41 Å². The van der Waals surface area contributed by atoms with Crippen LogP contribution >= 0.6 is 0 Å². The van der Waals surface area contributed by atoms with Crippen molar-refractivity contribution in [3.8, 4) is 16.8 Å². The van der Waals surface area contributed by atoms with Crippen molar-refractivity contribution in [3.05, 3.63) is 222 Å². The monoisotopic (exact) mass is 650 g/mol. The summed E-state index contributed by atoms with van der Waals surface area (Å²) in [5.74, 6) is 0.334. The Morgan fingerprint density at radius 1 is 0.471 bits per heavy atom. The lowest BCUT2D eigenvalue weighted by Gasteiger charge is -2.33. The van der Waals surface area contributed by atoms with E-state index in [0.29, 0.717) is 5.92 Å². The summed E-state index contributed by atoms with van der Waals surface area (Å²) in [6.45, 7) is 0. The number of benzene rings is 7. The van der Waals surface area contributed by atoms with E-state index in [1.54, 1.807) is 0 Å². The number of nitrogens with zero attached hydrogens (tertiary/aromatic N) is 2. The molecule has 0 radical (unpaired) electrons. The summed E-state index contributed by atoms with van der Waals surface area (Å²) >= 11 is 0. The van der Waals surface area contributed by atoms with Crippen LogP contribution in [0.25, 0.3) is 38.6 Å². The number of fused-ring (bicyclic) bond motifs is 9. The van der Waals surface area contributed by atoms with Crippen LogP contribution in [0.2, 0.25) is 0 Å². The van der Waals surface area contributed by atoms with Gasteiger partial charge in [0.25, 0.3) is 0 Å². The second kappa shape index (κ2) is 10.8. The lowest BCUT2D eigenvalue weighted by Crippen LogP contribution is -2.28. The molecule has 2 heterocycles. The van der Waals surface area contributed by atoms with Crippen molar-refractivity contribution in [2.75, 3.05) is 4.90 Å². The summed E-state index contributed by atoms with van der Waals surface area (Å²) < 4.78 is 2.48. The quantitative estimate of drug-likeness (QED) is 0.184. The van der Waals surface area contributed by atoms with E-state index in [0.717, 1.165) is 0 Å². The number of para-hydroxylation sites is 2. The van der Waals surface area contributed by atoms with E-state index in [4.69, 9.17) is 0 Å². The Kier molecular flexibility index (Phi) is 6.03. The van der Waals surface area contributed by atoms with Crippen molar-refractivity contribution in [1.82, 2.24) is 4.57 Å². The first-order valence-corrected chi connectivity index (χ1v) is 18.0. The molecule has 0 amide bonds. The fourth-order valence-corrected chi connectivity index (χ4v) is 9.62. The second-order valence-electron chi connectivity index (χ2n) is 14.0. The van der Waals surface area contributed by atoms with E-state index >= 15 is 0 Å². The molecule has 2 atom stereocenters. The largest absolute Gasteiger partial charge is 0.333 e. The van der Waals surface area contributed by atoms with Crippen LogP contribution in [0.1, 0.15) is 33.7 Å². The second-order valence-corrected chi connectivity index (χ2v) is 14.0. The van der Waals surface area contributed by atoms with Gasteiger partial charge in [-0.1, -0.05) is 158 Å². The van der Waals surface area contributed by atoms with Crippen LogP contribution < -0.4 is 4.90 Å². The van der Waals surface area contributed by atoms with Crippen LogP contribution in [-0.2, 0) is 5.41 Å². The van der Waals surface area contributed by atoms with Crippen LogP contribution in [0.15, 0.2) is 194 Å². The zero-order chi connectivity index (χ0) is 33.5. The Balaban J connectivity index is 1.17. The zero-order valence-electron chi connectivity index (χ0n) is 28.0. The third kappa shape index (κ3) is 3.82. The smallest absolute Gasteiger partial charge is 0.0713 e. The number of hydrogen-bond acceptors (Lipinski definition) is 1. The van der Waals surface area contributed by atoms with Crippen molar-refractivity contribution in [1.29, 1.82) is 0 Å². The number of anilines is 2. The van der Waals surface area contributed by atoms with Gasteiger partial charge in [-0.05, 0) is 75.3 Å². The fourth-order valence-electron chi connectivity index (χ4n) is 9.62. The minimum absolute atomic E-state index is 0.237. The standard InChI is InChI=1S/C49H34N2/c1-3-16-33(17-4-1)49(34-18-5-2-6-19-34)41-24-11-7-20-36(41)40-32-35(30-31-42(40)49)50-45-27-14-10-23-39(45)48-46(50)28-15-29-47(48)51-43-25-12-8-21-37(43)38-22-9-13-26-44(38)51/h1-32,37,43H. The van der Waals surface area contributed by atoms with Gasteiger partial charge in [0.1, 0.15) is 0 Å². The lowest BCUT2D eigenvalue weighted by molar-refractivity contribution is 0.746. The van der Waals surface area contributed by atoms with Gasteiger partial charge in [0.15, 0.2) is 0 Å². The Morgan fingerprint density at radius 3 is 1.96 bits per heavy atom. The SMILES string of the molecule is C1=CC2c3ccccc3N(c3cccc4c3c3ccccc3n4-c3ccc4c(c3)-c3ccccc3C4(c3ccccc3)c3ccccc3)C2C=C1. The normalized spacial score (nSPS) is 17.8. The van der Waals surface area contributed by atoms with Crippen LogP contribution in [-0.4, -0.2) is 10.6 Å². The Labute approximate surface area is 297 Å². The molecule has 0 spiro atoms. The van der Waals surface area contributed by atoms with Crippen LogP contribution in [0.3, 0.4) is 0 Å². The van der Waals surface area contributed by atoms with Crippen LogP contribution in [0.4, 0.5) is 11.4 Å². The van der Waals surface area contributed by atoms with E-state index in [-0.39, 0.29) is 6.04 Å². The molecule has 1 aromatic heterocycles. The van der Waals surface area contributed by atoms with Gasteiger partial charge in [0.05, 0.1) is 28.2 Å². The summed E-state index contributed by atoms with van der Waals surface area (Å²) in [7, 11) is 0. The molecule has 0 N–H and O–H groups in total. The predicted octanol–water partition coefficient (Wildman–Crippen LogP) is 11.9. The van der Waals surface area contributed by atoms with Crippen molar-refractivity contribution < 1.29 is 0 Å². The highest BCUT2D eigenvalue weighted by Crippen LogP contribution is 2.57. The van der Waals surface area contributed by atoms with Gasteiger partial charge >= 0.3 is 0 Å². The van der Waals surface area contributed by atoms with Gasteiger partial charge in [0, 0.05) is 28.1 Å². The van der Waals surface area contributed by atoms with Gasteiger partial charge in [-0.3, -0.25) is 0 Å². The molecule has 0 bridgehead atoms. The highest BCUT2D eigenvalue weighted by Gasteiger charge is 2.46. The molecule has 0 saturated heterocycles. The molecule has 2 aliphatic carbocycles. The van der Waals surface area contributed by atoms with Gasteiger partial charge < -0.3 is 9.47 Å². The molecule has 1 aliphatic heterocycles. The molecule has 2 heteroatoms. The molecule has 11 rings (SSSR count). The average Bonchev–Trinajstić information content (AvgIpc) is 3.83. The van der Waals surface area contributed by atoms with Crippen LogP contribution in [0, 0.1) is 0 Å². The maximum Gasteiger partial charge on any atom is 0.0713 e. The van der Waals surface area contributed by atoms with E-state index in [1.165, 1.54) is 77.8 Å². The summed E-state index contributed by atoms with van der Waals surface area (Å²) in [5, 5.41) is 2.55. The molecular weight excluding hydrogens is 617 g/mol. The minimum atomic E-state index is -0.414. The Hall–Kier alpha value is -6.38. The minimum Gasteiger partial charge on any atom is -0.333 e. The summed E-state index contributed by atoms with van der Waals surface area (Å²) in [5.41, 5.74) is 14.9. The first kappa shape index (κ1) is 28.5. The predicted molar refractivity (Wildman–Crippen MR) is 211 cm³/mol. The third-order valence-corrected chi connectivity index (χ3v) is 11.6. The molecule has 3 aliphatic rings. The highest BCUT2D eigenvalue weighted by molar-refractivity contribution is 6.16. The third-order valence-electron chi connectivity index (χ3n) is 11.6. The van der Waals surface area contributed by atoms with Crippen LogP contribution in [0.5, 0.6) is 0 Å². The van der Waals surface area contributed by atoms with Crippen molar-refractivity contribution in [3.63, 3.8) is 0 Å². The van der Waals surface area contributed by atoms with E-state index in [1.807, 2.05) is 0 Å². The molecule has 0 fully saturated rings. The van der Waals surface area contributed by atoms with Crippen molar-refractivity contribution >= 4 is 33.2 Å². The number of allylic oxidation sites excluding steroid dienone is 2. The number of hydrogen-bond donors (Lipinski definition) is 0. The van der Waals surface area contributed by atoms with Gasteiger partial charge in [-0.15, -0.1) is 0 Å². The molecule has 240 valence electrons. The van der Waals surface area contributed by atoms with Gasteiger partial charge in [-0.2, -0.15) is 0 Å². The van der Waals surface area contributed by atoms with Crippen molar-refractivity contribution in [2.45, 2.75) is 17.4 Å². The Morgan fingerprint density at radius 2 is 1.12 bits per heavy atom. The highest BCUT2D eigenvalue weighted by atomic mass is 15.2. The molecular formula is C49H34N2. The fraction of sp³-hybridized carbons (Fsp3) is 0.0612. The summed E-state index contributed by atoms with van der Waals surface area (Å²) in [4.78, 5) is 2.58. The topological polar surface area (TPSA) is 8.17 Å². The maximum atomic E-state index is 2.58. The first-order chi connectivity index (χ1) is 25.3. The molecule has 7 aromatic carbocycles. The van der Waals surface area contributed by atoms with Gasteiger partial charge in [-0.25, -0.2) is 0 Å².